The van der Waals surface area contributed by atoms with Crippen LogP contribution in [0.4, 0.5) is 5.69 Å². The van der Waals surface area contributed by atoms with Gasteiger partial charge in [0.25, 0.3) is 0 Å². The summed E-state index contributed by atoms with van der Waals surface area (Å²) in [6, 6.07) is 5.18. The maximum absolute atomic E-state index is 9.47. The smallest absolute Gasteiger partial charge is 0.130 e. The third-order valence-corrected chi connectivity index (χ3v) is 2.75. The van der Waals surface area contributed by atoms with E-state index >= 15 is 0 Å². The molecule has 0 atom stereocenters. The summed E-state index contributed by atoms with van der Waals surface area (Å²) in [7, 11) is 0. The Morgan fingerprint density at radius 2 is 2.21 bits per heavy atom. The Labute approximate surface area is 88.9 Å². The van der Waals surface area contributed by atoms with Crippen LogP contribution in [0.2, 0.25) is 0 Å². The molecule has 0 spiro atoms. The average molecular weight is 254 g/mol. The van der Waals surface area contributed by atoms with E-state index in [1.54, 1.807) is 12.1 Å². The van der Waals surface area contributed by atoms with E-state index in [2.05, 4.69) is 26.1 Å². The van der Waals surface area contributed by atoms with E-state index in [9.17, 15) is 5.11 Å². The van der Waals surface area contributed by atoms with Gasteiger partial charge in [-0.25, -0.2) is 0 Å². The number of phenolic OH excluding ortho intramolecular Hbond substituents is 1. The zero-order valence-corrected chi connectivity index (χ0v) is 8.75. The molecule has 1 heterocycles. The van der Waals surface area contributed by atoms with Crippen LogP contribution in [0.15, 0.2) is 28.9 Å². The molecule has 4 N–H and O–H groups in total. The molecule has 72 valence electrons. The molecule has 0 bridgehead atoms. The van der Waals surface area contributed by atoms with Crippen LogP contribution in [0, 0.1) is 0 Å². The van der Waals surface area contributed by atoms with Gasteiger partial charge < -0.3 is 10.8 Å². The van der Waals surface area contributed by atoms with Crippen LogP contribution in [0.3, 0.4) is 0 Å². The van der Waals surface area contributed by atoms with Crippen LogP contribution in [0.5, 0.6) is 5.75 Å². The second kappa shape index (κ2) is 3.34. The molecule has 0 aliphatic rings. The molecule has 0 unspecified atom stereocenters. The second-order valence-corrected chi connectivity index (χ2v) is 3.63. The fourth-order valence-corrected chi connectivity index (χ4v) is 1.69. The lowest BCUT2D eigenvalue weighted by molar-refractivity contribution is 0.472. The highest BCUT2D eigenvalue weighted by Crippen LogP contribution is 2.35. The SMILES string of the molecule is Nc1cn[nH]c1-c1cccc(O)c1Br. The van der Waals surface area contributed by atoms with Crippen molar-refractivity contribution in [3.05, 3.63) is 28.9 Å². The lowest BCUT2D eigenvalue weighted by atomic mass is 10.1. The van der Waals surface area contributed by atoms with Crippen LogP contribution in [0.25, 0.3) is 11.3 Å². The maximum Gasteiger partial charge on any atom is 0.130 e. The van der Waals surface area contributed by atoms with Gasteiger partial charge in [0.2, 0.25) is 0 Å². The number of hydrogen-bond acceptors (Lipinski definition) is 3. The number of anilines is 1. The molecule has 0 saturated carbocycles. The summed E-state index contributed by atoms with van der Waals surface area (Å²) in [5.74, 6) is 0.177. The Kier molecular flexibility index (Phi) is 2.17. The number of nitrogens with zero attached hydrogens (tertiary/aromatic N) is 1. The van der Waals surface area contributed by atoms with Gasteiger partial charge in [-0.05, 0) is 22.0 Å². The molecule has 0 radical (unpaired) electrons. The van der Waals surface area contributed by atoms with Gasteiger partial charge in [0, 0.05) is 5.56 Å². The first-order valence-electron chi connectivity index (χ1n) is 3.97. The molecule has 2 aromatic rings. The molecule has 1 aromatic heterocycles. The van der Waals surface area contributed by atoms with Crippen molar-refractivity contribution >= 4 is 21.6 Å². The molecule has 0 fully saturated rings. The number of hydrogen-bond donors (Lipinski definition) is 3. The Morgan fingerprint density at radius 1 is 1.43 bits per heavy atom. The molecule has 0 saturated heterocycles. The van der Waals surface area contributed by atoms with Crippen molar-refractivity contribution in [2.24, 2.45) is 0 Å². The van der Waals surface area contributed by atoms with Gasteiger partial charge in [0.1, 0.15) is 5.75 Å². The Morgan fingerprint density at radius 3 is 2.86 bits per heavy atom. The van der Waals surface area contributed by atoms with Crippen LogP contribution < -0.4 is 5.73 Å². The summed E-state index contributed by atoms with van der Waals surface area (Å²) in [5.41, 5.74) is 7.74. The number of nitrogen functional groups attached to an aromatic ring is 1. The summed E-state index contributed by atoms with van der Waals surface area (Å²) in [6.07, 6.45) is 1.53. The van der Waals surface area contributed by atoms with Crippen molar-refractivity contribution in [3.63, 3.8) is 0 Å². The summed E-state index contributed by atoms with van der Waals surface area (Å²) in [4.78, 5) is 0. The van der Waals surface area contributed by atoms with Gasteiger partial charge in [0.05, 0.1) is 22.1 Å². The second-order valence-electron chi connectivity index (χ2n) is 2.84. The first kappa shape index (κ1) is 9.08. The van der Waals surface area contributed by atoms with E-state index in [1.165, 1.54) is 6.20 Å². The number of halogens is 1. The number of H-pyrrole nitrogens is 1. The van der Waals surface area contributed by atoms with Crippen molar-refractivity contribution in [1.29, 1.82) is 0 Å². The average Bonchev–Trinajstić information content (AvgIpc) is 2.57. The highest BCUT2D eigenvalue weighted by molar-refractivity contribution is 9.10. The summed E-state index contributed by atoms with van der Waals surface area (Å²) in [6.45, 7) is 0. The third-order valence-electron chi connectivity index (χ3n) is 1.92. The molecule has 5 heteroatoms. The van der Waals surface area contributed by atoms with Gasteiger partial charge in [-0.2, -0.15) is 5.10 Å². The molecule has 0 aliphatic heterocycles. The van der Waals surface area contributed by atoms with E-state index in [4.69, 9.17) is 5.73 Å². The molecular formula is C9H8BrN3O. The first-order chi connectivity index (χ1) is 6.70. The number of aromatic hydroxyl groups is 1. The number of nitrogens with one attached hydrogen (secondary N) is 1. The van der Waals surface area contributed by atoms with Crippen LogP contribution >= 0.6 is 15.9 Å². The Hall–Kier alpha value is -1.49. The number of aromatic amines is 1. The minimum Gasteiger partial charge on any atom is -0.507 e. The van der Waals surface area contributed by atoms with Crippen molar-refractivity contribution in [2.75, 3.05) is 5.73 Å². The van der Waals surface area contributed by atoms with E-state index in [-0.39, 0.29) is 5.75 Å². The summed E-state index contributed by atoms with van der Waals surface area (Å²) >= 11 is 3.28. The Bertz CT molecular complexity index is 467. The molecular weight excluding hydrogens is 246 g/mol. The quantitative estimate of drug-likeness (QED) is 0.729. The van der Waals surface area contributed by atoms with Gasteiger partial charge in [-0.3, -0.25) is 5.10 Å². The van der Waals surface area contributed by atoms with Crippen molar-refractivity contribution < 1.29 is 5.11 Å². The number of aromatic nitrogens is 2. The van der Waals surface area contributed by atoms with Gasteiger partial charge >= 0.3 is 0 Å². The van der Waals surface area contributed by atoms with Gasteiger partial charge in [-0.1, -0.05) is 12.1 Å². The molecule has 0 aliphatic carbocycles. The normalized spacial score (nSPS) is 10.4. The van der Waals surface area contributed by atoms with Crippen LogP contribution in [-0.2, 0) is 0 Å². The minimum atomic E-state index is 0.177. The van der Waals surface area contributed by atoms with E-state index in [0.29, 0.717) is 15.9 Å². The summed E-state index contributed by atoms with van der Waals surface area (Å²) < 4.78 is 0.607. The number of phenols is 1. The largest absolute Gasteiger partial charge is 0.507 e. The van der Waals surface area contributed by atoms with Crippen LogP contribution in [0.1, 0.15) is 0 Å². The molecule has 4 nitrogen and oxygen atoms in total. The molecule has 0 amide bonds. The lowest BCUT2D eigenvalue weighted by Crippen LogP contribution is -1.87. The zero-order valence-electron chi connectivity index (χ0n) is 7.16. The van der Waals surface area contributed by atoms with Crippen LogP contribution in [-0.4, -0.2) is 15.3 Å². The fraction of sp³-hybridized carbons (Fsp3) is 0. The van der Waals surface area contributed by atoms with E-state index in [1.807, 2.05) is 6.07 Å². The molecule has 2 rings (SSSR count). The topological polar surface area (TPSA) is 74.9 Å². The first-order valence-corrected chi connectivity index (χ1v) is 4.76. The van der Waals surface area contributed by atoms with E-state index < -0.39 is 0 Å². The minimum absolute atomic E-state index is 0.177. The monoisotopic (exact) mass is 253 g/mol. The van der Waals surface area contributed by atoms with Crippen molar-refractivity contribution in [3.8, 4) is 17.0 Å². The predicted molar refractivity (Wildman–Crippen MR) is 57.8 cm³/mol. The van der Waals surface area contributed by atoms with E-state index in [0.717, 1.165) is 5.56 Å². The molecule has 1 aromatic carbocycles. The maximum atomic E-state index is 9.47. The highest BCUT2D eigenvalue weighted by atomic mass is 79.9. The predicted octanol–water partition coefficient (Wildman–Crippen LogP) is 2.13. The highest BCUT2D eigenvalue weighted by Gasteiger charge is 2.10. The summed E-state index contributed by atoms with van der Waals surface area (Å²) in [5, 5.41) is 16.1. The fourth-order valence-electron chi connectivity index (χ4n) is 1.22. The van der Waals surface area contributed by atoms with Crippen molar-refractivity contribution in [2.45, 2.75) is 0 Å². The van der Waals surface area contributed by atoms with Gasteiger partial charge in [-0.15, -0.1) is 0 Å². The number of rotatable bonds is 1. The number of nitrogens with two attached hydrogens (primary N) is 1. The zero-order chi connectivity index (χ0) is 10.1. The van der Waals surface area contributed by atoms with Crippen molar-refractivity contribution in [1.82, 2.24) is 10.2 Å². The number of benzene rings is 1. The molecule has 14 heavy (non-hydrogen) atoms. The third kappa shape index (κ3) is 1.35. The van der Waals surface area contributed by atoms with Gasteiger partial charge in [0.15, 0.2) is 0 Å². The Balaban J connectivity index is 2.63. The lowest BCUT2D eigenvalue weighted by Gasteiger charge is -2.04. The standard InChI is InChI=1S/C9H8BrN3O/c10-8-5(2-1-3-7(8)14)9-6(11)4-12-13-9/h1-4,14H,11H2,(H,12,13).